The highest BCUT2D eigenvalue weighted by atomic mass is 16.2. The molecule has 0 bridgehead atoms. The van der Waals surface area contributed by atoms with Crippen molar-refractivity contribution in [3.05, 3.63) is 64.7 Å². The summed E-state index contributed by atoms with van der Waals surface area (Å²) in [7, 11) is 1.85. The number of hydrogen-bond donors (Lipinski definition) is 1. The van der Waals surface area contributed by atoms with Crippen LogP contribution in [0.15, 0.2) is 42.5 Å². The van der Waals surface area contributed by atoms with Crippen molar-refractivity contribution in [2.45, 2.75) is 32.2 Å². The molecule has 0 radical (unpaired) electrons. The zero-order valence-electron chi connectivity index (χ0n) is 13.2. The fraction of sp³-hybridized carbons (Fsp3) is 0.316. The number of benzene rings is 2. The fourth-order valence-corrected chi connectivity index (χ4v) is 3.11. The third-order valence-electron chi connectivity index (χ3n) is 4.44. The van der Waals surface area contributed by atoms with E-state index in [9.17, 15) is 4.79 Å². The molecule has 3 nitrogen and oxygen atoms in total. The van der Waals surface area contributed by atoms with Gasteiger partial charge in [-0.3, -0.25) is 4.79 Å². The van der Waals surface area contributed by atoms with Gasteiger partial charge in [-0.05, 0) is 42.5 Å². The Labute approximate surface area is 131 Å². The van der Waals surface area contributed by atoms with E-state index in [0.29, 0.717) is 6.42 Å². The van der Waals surface area contributed by atoms with Crippen molar-refractivity contribution in [3.8, 4) is 0 Å². The molecule has 0 saturated carbocycles. The highest BCUT2D eigenvalue weighted by Gasteiger charge is 2.20. The van der Waals surface area contributed by atoms with Crippen LogP contribution in [0.25, 0.3) is 0 Å². The number of fused-ring (bicyclic) bond motifs is 1. The predicted molar refractivity (Wildman–Crippen MR) is 90.0 cm³/mol. The summed E-state index contributed by atoms with van der Waals surface area (Å²) in [6, 6.07) is 14.4. The van der Waals surface area contributed by atoms with Crippen LogP contribution in [-0.2, 0) is 11.2 Å². The molecular formula is C19H22N2O. The van der Waals surface area contributed by atoms with E-state index in [2.05, 4.69) is 31.2 Å². The molecule has 3 heteroatoms. The molecule has 1 atom stereocenters. The van der Waals surface area contributed by atoms with Crippen LogP contribution in [0.3, 0.4) is 0 Å². The third-order valence-corrected chi connectivity index (χ3v) is 4.44. The topological polar surface area (TPSA) is 46.3 Å². The molecule has 1 amide bonds. The van der Waals surface area contributed by atoms with Crippen LogP contribution in [0.2, 0.25) is 0 Å². The van der Waals surface area contributed by atoms with Crippen LogP contribution in [0.4, 0.5) is 5.69 Å². The molecule has 0 aliphatic carbocycles. The van der Waals surface area contributed by atoms with Crippen LogP contribution in [-0.4, -0.2) is 13.0 Å². The summed E-state index contributed by atoms with van der Waals surface area (Å²) < 4.78 is 0. The number of carbonyl (C=O) groups is 1. The number of aryl methyl sites for hydroxylation is 2. The third kappa shape index (κ3) is 2.77. The van der Waals surface area contributed by atoms with E-state index in [-0.39, 0.29) is 11.9 Å². The van der Waals surface area contributed by atoms with Crippen molar-refractivity contribution in [2.75, 3.05) is 11.9 Å². The minimum atomic E-state index is -0.130. The summed E-state index contributed by atoms with van der Waals surface area (Å²) in [4.78, 5) is 13.7. The minimum absolute atomic E-state index is 0.130. The molecule has 0 saturated heterocycles. The first-order valence-electron chi connectivity index (χ1n) is 7.78. The Hall–Kier alpha value is -2.13. The Kier molecular flexibility index (Phi) is 3.99. The Morgan fingerprint density at radius 2 is 1.86 bits per heavy atom. The number of nitrogens with two attached hydrogens (primary N) is 1. The maximum absolute atomic E-state index is 12.0. The predicted octanol–water partition coefficient (Wildman–Crippen LogP) is 3.34. The maximum atomic E-state index is 12.0. The summed E-state index contributed by atoms with van der Waals surface area (Å²) >= 11 is 0. The zero-order valence-corrected chi connectivity index (χ0v) is 13.2. The van der Waals surface area contributed by atoms with Gasteiger partial charge >= 0.3 is 0 Å². The number of amides is 1. The number of carbonyl (C=O) groups excluding carboxylic acids is 1. The monoisotopic (exact) mass is 294 g/mol. The number of rotatable bonds is 2. The lowest BCUT2D eigenvalue weighted by molar-refractivity contribution is -0.118. The van der Waals surface area contributed by atoms with Crippen LogP contribution < -0.4 is 10.6 Å². The lowest BCUT2D eigenvalue weighted by Crippen LogP contribution is -2.25. The summed E-state index contributed by atoms with van der Waals surface area (Å²) in [5, 5.41) is 0. The van der Waals surface area contributed by atoms with Gasteiger partial charge in [-0.25, -0.2) is 0 Å². The van der Waals surface area contributed by atoms with Gasteiger partial charge in [-0.1, -0.05) is 42.0 Å². The van der Waals surface area contributed by atoms with Crippen molar-refractivity contribution in [2.24, 2.45) is 5.73 Å². The largest absolute Gasteiger partial charge is 0.320 e. The van der Waals surface area contributed by atoms with Crippen LogP contribution in [0, 0.1) is 6.92 Å². The van der Waals surface area contributed by atoms with Gasteiger partial charge in [-0.15, -0.1) is 0 Å². The van der Waals surface area contributed by atoms with Crippen LogP contribution in [0.5, 0.6) is 0 Å². The summed E-state index contributed by atoms with van der Waals surface area (Å²) in [5.74, 6) is 0.189. The van der Waals surface area contributed by atoms with Crippen molar-refractivity contribution in [3.63, 3.8) is 0 Å². The Balaban J connectivity index is 1.96. The molecule has 22 heavy (non-hydrogen) atoms. The van der Waals surface area contributed by atoms with Crippen LogP contribution in [0.1, 0.15) is 41.1 Å². The Morgan fingerprint density at radius 3 is 2.64 bits per heavy atom. The van der Waals surface area contributed by atoms with E-state index >= 15 is 0 Å². The molecule has 3 rings (SSSR count). The average molecular weight is 294 g/mol. The first kappa shape index (κ1) is 14.8. The van der Waals surface area contributed by atoms with E-state index in [1.54, 1.807) is 4.90 Å². The molecule has 0 fully saturated rings. The van der Waals surface area contributed by atoms with Crippen molar-refractivity contribution < 1.29 is 4.79 Å². The van der Waals surface area contributed by atoms with Crippen LogP contribution >= 0.6 is 0 Å². The van der Waals surface area contributed by atoms with Gasteiger partial charge in [0, 0.05) is 19.2 Å². The van der Waals surface area contributed by atoms with Gasteiger partial charge in [0.25, 0.3) is 0 Å². The fourth-order valence-electron chi connectivity index (χ4n) is 3.11. The molecule has 2 N–H and O–H groups in total. The van der Waals surface area contributed by atoms with E-state index in [1.807, 2.05) is 25.2 Å². The summed E-state index contributed by atoms with van der Waals surface area (Å²) in [5.41, 5.74) is 12.1. The second-order valence-corrected chi connectivity index (χ2v) is 6.09. The lowest BCUT2D eigenvalue weighted by atomic mass is 9.95. The first-order valence-corrected chi connectivity index (χ1v) is 7.78. The van der Waals surface area contributed by atoms with Gasteiger partial charge in [0.15, 0.2) is 0 Å². The molecule has 1 aliphatic rings. The number of anilines is 1. The van der Waals surface area contributed by atoms with Crippen molar-refractivity contribution >= 4 is 11.6 Å². The zero-order chi connectivity index (χ0) is 15.7. The van der Waals surface area contributed by atoms with E-state index in [0.717, 1.165) is 29.7 Å². The Morgan fingerprint density at radius 1 is 1.09 bits per heavy atom. The average Bonchev–Trinajstić information content (AvgIpc) is 2.66. The van der Waals surface area contributed by atoms with Gasteiger partial charge in [-0.2, -0.15) is 0 Å². The summed E-state index contributed by atoms with van der Waals surface area (Å²) in [6.45, 7) is 2.08. The molecule has 1 aliphatic heterocycles. The van der Waals surface area contributed by atoms with E-state index in [1.165, 1.54) is 11.1 Å². The molecule has 2 aromatic carbocycles. The molecule has 114 valence electrons. The number of hydrogen-bond acceptors (Lipinski definition) is 2. The number of nitrogens with zero attached hydrogens (tertiary/aromatic N) is 1. The van der Waals surface area contributed by atoms with E-state index in [4.69, 9.17) is 5.73 Å². The highest BCUT2D eigenvalue weighted by Crippen LogP contribution is 2.30. The first-order chi connectivity index (χ1) is 10.6. The smallest absolute Gasteiger partial charge is 0.226 e. The normalized spacial score (nSPS) is 16.1. The molecular weight excluding hydrogens is 272 g/mol. The molecule has 0 spiro atoms. The van der Waals surface area contributed by atoms with Gasteiger partial charge in [0.2, 0.25) is 5.91 Å². The second kappa shape index (κ2) is 5.93. The van der Waals surface area contributed by atoms with Gasteiger partial charge in [0.05, 0.1) is 6.04 Å². The highest BCUT2D eigenvalue weighted by molar-refractivity contribution is 5.94. The van der Waals surface area contributed by atoms with Gasteiger partial charge in [0.1, 0.15) is 0 Å². The Bertz CT molecular complexity index is 708. The molecule has 1 heterocycles. The standard InChI is InChI=1S/C19H22N2O/c1-13-5-3-7-15(11-13)19(20)16-9-10-17-14(12-16)6-4-8-18(22)21(17)2/h3,5,7,9-12,19H,4,6,8,20H2,1-2H3. The van der Waals surface area contributed by atoms with E-state index < -0.39 is 0 Å². The SMILES string of the molecule is Cc1cccc(C(N)c2ccc3c(c2)CCCC(=O)N3C)c1. The molecule has 1 unspecified atom stereocenters. The van der Waals surface area contributed by atoms with Crippen molar-refractivity contribution in [1.29, 1.82) is 0 Å². The lowest BCUT2D eigenvalue weighted by Gasteiger charge is -2.20. The molecule has 2 aromatic rings. The van der Waals surface area contributed by atoms with Crippen molar-refractivity contribution in [1.82, 2.24) is 0 Å². The summed E-state index contributed by atoms with van der Waals surface area (Å²) in [6.07, 6.45) is 2.45. The quantitative estimate of drug-likeness (QED) is 0.923. The van der Waals surface area contributed by atoms with Gasteiger partial charge < -0.3 is 10.6 Å². The molecule has 0 aromatic heterocycles. The second-order valence-electron chi connectivity index (χ2n) is 6.09. The minimum Gasteiger partial charge on any atom is -0.320 e. The maximum Gasteiger partial charge on any atom is 0.226 e.